The Morgan fingerprint density at radius 3 is 1.03 bits per heavy atom. The number of carbonyl (C=O) groups is 12. The number of ether oxygens (including phenoxy) is 12. The normalized spacial score (nSPS) is 18.3. The number of nitrogens with zero attached hydrogens (tertiary/aromatic N) is 2. The second-order valence-electron chi connectivity index (χ2n) is 22.2. The van der Waals surface area contributed by atoms with Crippen LogP contribution in [0.5, 0.6) is 0 Å². The Morgan fingerprint density at radius 2 is 0.757 bits per heavy atom. The molecule has 6 N–H and O–H groups in total. The first-order valence-corrected chi connectivity index (χ1v) is 38.7. The second kappa shape index (κ2) is 41.3. The molecule has 45 heteroatoms. The summed E-state index contributed by atoms with van der Waals surface area (Å²) in [6.45, 7) is 19.9. The lowest BCUT2D eigenvalue weighted by Crippen LogP contribution is -2.43. The standard InChI is InChI=1S/C29H43N3O16S3.C17H24O12.C12H21N3O5S3/c1-9-30-22-14-32(11-10-12-43-8)51(41,42)29-21(22)13-23(49-29)50(39,40)31-24(34)15(2)45-26(36)17(4)47-28(38)19(6)48-27(37)18(5)46-25(35)16(3)44-20(7)33;1-7(13(19)20)26-15(22)9(3)28-17(24)11(5)29-16(23)10(4)27-14(21)8(2)25-12(6)18;1-3-14-10-8-15(5-4-6-20-2)23(18,19)12-9(10)7-11(21-12)22(13,16)17/h13,15-19,22,30H,9-12,14H2,1-8H3,(H,31,34);7-11H,1-6H3,(H,19,20);7,10,14H,3-6,8H2,1-2H3,(H2,13,16,17)/t15-,16-,17-,18-,19-,22-;7-,8+,9-,10-,11-;10-/m010/s1. The number of fused-ring (bicyclic) bond motifs is 2. The lowest BCUT2D eigenvalue weighted by atomic mass is 10.1. The van der Waals surface area contributed by atoms with Gasteiger partial charge in [0.05, 0.1) is 0 Å². The number of hydrogen-bond donors (Lipinski definition) is 5. The fourth-order valence-electron chi connectivity index (χ4n) is 8.38. The monoisotopic (exact) mass is 1590 g/mol. The van der Waals surface area contributed by atoms with Gasteiger partial charge < -0.3 is 72.6 Å². The van der Waals surface area contributed by atoms with Crippen LogP contribution in [0.15, 0.2) is 29.0 Å². The van der Waals surface area contributed by atoms with Gasteiger partial charge in [0.25, 0.3) is 36.0 Å². The summed E-state index contributed by atoms with van der Waals surface area (Å²) in [5, 5.41) is 20.2. The van der Waals surface area contributed by atoms with Crippen LogP contribution in [-0.2, 0) is 154 Å². The molecule has 4 rings (SSSR count). The predicted molar refractivity (Wildman–Crippen MR) is 353 cm³/mol. The maximum Gasteiger partial charge on any atom is 0.347 e. The van der Waals surface area contributed by atoms with E-state index >= 15 is 0 Å². The molecule has 2 aromatic heterocycles. The molecule has 0 saturated heterocycles. The number of nitrogens with one attached hydrogen (secondary N) is 3. The molecule has 584 valence electrons. The zero-order valence-electron chi connectivity index (χ0n) is 59.1. The number of sulfonamides is 4. The molecule has 1 amide bonds. The van der Waals surface area contributed by atoms with Crippen LogP contribution >= 0.6 is 22.7 Å². The van der Waals surface area contributed by atoms with E-state index in [9.17, 15) is 91.2 Å². The topological polar surface area (TPSA) is 541 Å². The van der Waals surface area contributed by atoms with E-state index in [1.54, 1.807) is 11.8 Å². The molecule has 0 fully saturated rings. The van der Waals surface area contributed by atoms with E-state index in [0.717, 1.165) is 62.3 Å². The average Bonchev–Trinajstić information content (AvgIpc) is 1.65. The summed E-state index contributed by atoms with van der Waals surface area (Å²) < 4.78 is 163. The van der Waals surface area contributed by atoms with Gasteiger partial charge in [-0.2, -0.15) is 8.61 Å². The van der Waals surface area contributed by atoms with Gasteiger partial charge >= 0.3 is 65.7 Å². The van der Waals surface area contributed by atoms with Crippen molar-refractivity contribution in [3.8, 4) is 0 Å². The van der Waals surface area contributed by atoms with Crippen LogP contribution in [0.3, 0.4) is 0 Å². The Balaban J connectivity index is 0.000000582. The molecular formula is C58H88N6O33S6. The van der Waals surface area contributed by atoms with E-state index in [2.05, 4.69) is 24.8 Å². The van der Waals surface area contributed by atoms with Gasteiger partial charge in [-0.3, -0.25) is 14.4 Å². The number of nitrogens with two attached hydrogens (primary N) is 1. The summed E-state index contributed by atoms with van der Waals surface area (Å²) in [5.41, 5.74) is 0.709. The van der Waals surface area contributed by atoms with E-state index < -0.39 is 183 Å². The molecule has 12 atom stereocenters. The van der Waals surface area contributed by atoms with Crippen molar-refractivity contribution < 1.29 is 153 Å². The number of esters is 10. The molecule has 0 unspecified atom stereocenters. The molecule has 103 heavy (non-hydrogen) atoms. The molecule has 2 aliphatic rings. The highest BCUT2D eigenvalue weighted by Gasteiger charge is 2.43. The first kappa shape index (κ1) is 91.6. The Hall–Kier alpha value is -7.44. The molecule has 0 bridgehead atoms. The van der Waals surface area contributed by atoms with Crippen LogP contribution in [0.4, 0.5) is 0 Å². The van der Waals surface area contributed by atoms with Gasteiger partial charge in [0.15, 0.2) is 61.0 Å². The number of aliphatic carboxylic acids is 1. The van der Waals surface area contributed by atoms with Crippen molar-refractivity contribution in [2.24, 2.45) is 5.14 Å². The van der Waals surface area contributed by atoms with Crippen molar-refractivity contribution in [2.45, 2.75) is 200 Å². The lowest BCUT2D eigenvalue weighted by Gasteiger charge is -2.32. The van der Waals surface area contributed by atoms with Gasteiger partial charge in [-0.1, -0.05) is 13.8 Å². The Bertz CT molecular complexity index is 3820. The van der Waals surface area contributed by atoms with Gasteiger partial charge in [0.2, 0.25) is 10.0 Å². The van der Waals surface area contributed by atoms with Crippen molar-refractivity contribution in [3.63, 3.8) is 0 Å². The van der Waals surface area contributed by atoms with Crippen LogP contribution < -0.4 is 20.5 Å². The van der Waals surface area contributed by atoms with E-state index in [1.807, 2.05) is 13.8 Å². The number of carbonyl (C=O) groups excluding carboxylic acids is 11. The van der Waals surface area contributed by atoms with Gasteiger partial charge in [-0.25, -0.2) is 86.7 Å². The molecule has 0 aliphatic carbocycles. The molecule has 0 aromatic carbocycles. The quantitative estimate of drug-likeness (QED) is 0.0338. The number of carboxylic acids is 1. The molecule has 4 heterocycles. The zero-order chi connectivity index (χ0) is 79.0. The number of carboxylic acid groups (broad SMARTS) is 1. The number of rotatable bonds is 35. The third-order valence-corrected chi connectivity index (χ3v) is 24.0. The molecular weight excluding hydrogens is 1500 g/mol. The first-order chi connectivity index (χ1) is 47.6. The van der Waals surface area contributed by atoms with Crippen LogP contribution in [-0.4, -0.2) is 247 Å². The number of hydrogen-bond acceptors (Lipinski definition) is 36. The predicted octanol–water partition coefficient (Wildman–Crippen LogP) is -0.241. The van der Waals surface area contributed by atoms with Crippen molar-refractivity contribution in [3.05, 3.63) is 23.3 Å². The smallest absolute Gasteiger partial charge is 0.347 e. The Morgan fingerprint density at radius 1 is 0.485 bits per heavy atom. The molecule has 2 aliphatic heterocycles. The van der Waals surface area contributed by atoms with Crippen molar-refractivity contribution in [2.75, 3.05) is 66.7 Å². The molecule has 2 aromatic rings. The van der Waals surface area contributed by atoms with E-state index in [-0.39, 0.29) is 43.9 Å². The highest BCUT2D eigenvalue weighted by Crippen LogP contribution is 2.41. The fourth-order valence-corrected chi connectivity index (χ4v) is 17.6. The van der Waals surface area contributed by atoms with Crippen molar-refractivity contribution in [1.82, 2.24) is 24.0 Å². The van der Waals surface area contributed by atoms with Crippen molar-refractivity contribution >= 4 is 134 Å². The minimum atomic E-state index is -4.64. The molecule has 0 spiro atoms. The number of primary sulfonamides is 1. The van der Waals surface area contributed by atoms with E-state index in [0.29, 0.717) is 73.9 Å². The Labute approximate surface area is 603 Å². The highest BCUT2D eigenvalue weighted by atomic mass is 32.3. The minimum absolute atomic E-state index is 0.0520. The number of methoxy groups -OCH3 is 2. The molecule has 0 saturated carbocycles. The minimum Gasteiger partial charge on any atom is -0.479 e. The fraction of sp³-hybridized carbons (Fsp3) is 0.655. The van der Waals surface area contributed by atoms with Gasteiger partial charge in [-0.15, -0.1) is 22.7 Å². The molecule has 39 nitrogen and oxygen atoms in total. The second-order valence-corrected chi connectivity index (χ2v) is 32.3. The summed E-state index contributed by atoms with van der Waals surface area (Å²) in [6, 6.07) is 1.76. The van der Waals surface area contributed by atoms with Crippen molar-refractivity contribution in [1.29, 1.82) is 0 Å². The zero-order valence-corrected chi connectivity index (χ0v) is 64.0. The third-order valence-electron chi connectivity index (χ3n) is 13.7. The first-order valence-electron chi connectivity index (χ1n) is 31.2. The molecule has 0 radical (unpaired) electrons. The largest absolute Gasteiger partial charge is 0.479 e. The number of thiophene rings is 2. The highest BCUT2D eigenvalue weighted by molar-refractivity contribution is 7.94. The third kappa shape index (κ3) is 28.2. The Kier molecular flexibility index (Phi) is 36.8. The summed E-state index contributed by atoms with van der Waals surface area (Å²) >= 11 is 1.18. The SMILES string of the molecule is CC(=O)O[C@@H](C)C(=O)O[C@H](C)C(=O)O[C@H](C)C(=O)O[C@H](C)C(=O)O[C@H](C)C(=O)O.CCN[C@H]1CN(CCCOC)S(=O)(=O)c2sc(S(=O)(=O)NC(=O)[C@H](C)OC(=O)[C@H](C)OC(=O)[C@H](C)OC(=O)[C@H](C)OC(=O)[C@H](C)OC(C)=O)cc21.CCN[C@H]1CN(CCCOC)S(=O)(=O)c2sc(S(N)(=O)=O)cc21. The van der Waals surface area contributed by atoms with Gasteiger partial charge in [0.1, 0.15) is 16.8 Å². The average molecular weight is 1590 g/mol. The van der Waals surface area contributed by atoms with Gasteiger partial charge in [0, 0.05) is 90.7 Å². The van der Waals surface area contributed by atoms with E-state index in [1.165, 1.54) is 48.6 Å². The maximum atomic E-state index is 13.3. The summed E-state index contributed by atoms with van der Waals surface area (Å²) in [5.74, 6) is -13.1. The number of amides is 1. The van der Waals surface area contributed by atoms with E-state index in [4.69, 9.17) is 52.9 Å². The van der Waals surface area contributed by atoms with Crippen LogP contribution in [0, 0.1) is 0 Å². The maximum absolute atomic E-state index is 13.3. The van der Waals surface area contributed by atoms with Crippen LogP contribution in [0.2, 0.25) is 0 Å². The summed E-state index contributed by atoms with van der Waals surface area (Å²) in [6.07, 6.45) is -13.9. The summed E-state index contributed by atoms with van der Waals surface area (Å²) in [4.78, 5) is 141. The lowest BCUT2D eigenvalue weighted by molar-refractivity contribution is -0.186. The van der Waals surface area contributed by atoms with Crippen LogP contribution in [0.25, 0.3) is 0 Å². The number of likely N-dealkylation sites (N-methyl/N-ethyl adjacent to an activating group) is 2. The summed E-state index contributed by atoms with van der Waals surface area (Å²) in [7, 11) is -13.3. The van der Waals surface area contributed by atoms with Crippen LogP contribution in [0.1, 0.15) is 133 Å². The van der Waals surface area contributed by atoms with Gasteiger partial charge in [-0.05, 0) is 107 Å².